The summed E-state index contributed by atoms with van der Waals surface area (Å²) in [5.41, 5.74) is 0. The lowest BCUT2D eigenvalue weighted by molar-refractivity contribution is -0.305. The largest absolute Gasteiger partial charge is 0.550 e. The number of hydrogen-bond donors (Lipinski definition) is 0. The minimum absolute atomic E-state index is 0.185. The van der Waals surface area contributed by atoms with Crippen LogP contribution in [0.1, 0.15) is 44.9 Å². The molecule has 3 aromatic rings. The number of aliphatic carboxylic acids is 1. The molecule has 0 atom stereocenters. The van der Waals surface area contributed by atoms with E-state index in [0.29, 0.717) is 0 Å². The Morgan fingerprint density at radius 1 is 0.567 bits per heavy atom. The Morgan fingerprint density at radius 2 is 0.933 bits per heavy atom. The van der Waals surface area contributed by atoms with Crippen molar-refractivity contribution >= 4 is 29.1 Å². The molecule has 2 nitrogen and oxygen atoms in total. The highest BCUT2D eigenvalue weighted by Gasteiger charge is 2.44. The van der Waals surface area contributed by atoms with E-state index in [1.54, 1.807) is 0 Å². The normalized spacial score (nSPS) is 11.3. The molecule has 156 valence electrons. The first-order valence-electron chi connectivity index (χ1n) is 11.0. The Kier molecular flexibility index (Phi) is 8.66. The van der Waals surface area contributed by atoms with Crippen molar-refractivity contribution in [2.24, 2.45) is 0 Å². The maximum Gasteiger partial charge on any atom is 0.112 e. The van der Waals surface area contributed by atoms with E-state index >= 15 is 0 Å². The summed E-state index contributed by atoms with van der Waals surface area (Å²) >= 11 is 0. The Balaban J connectivity index is 1.79. The van der Waals surface area contributed by atoms with Crippen molar-refractivity contribution in [3.8, 4) is 0 Å². The molecule has 3 rings (SSSR count). The van der Waals surface area contributed by atoms with E-state index in [4.69, 9.17) is 0 Å². The molecule has 0 aliphatic rings. The van der Waals surface area contributed by atoms with Crippen LogP contribution in [0.25, 0.3) is 0 Å². The van der Waals surface area contributed by atoms with Crippen LogP contribution >= 0.6 is 7.26 Å². The third kappa shape index (κ3) is 5.80. The second-order valence-corrected chi connectivity index (χ2v) is 11.4. The minimum atomic E-state index is -1.71. The van der Waals surface area contributed by atoms with E-state index in [2.05, 4.69) is 91.0 Å². The first kappa shape index (κ1) is 22.2. The third-order valence-electron chi connectivity index (χ3n) is 5.72. The molecule has 0 saturated carbocycles. The number of carboxylic acids is 1. The monoisotopic (exact) mass is 418 g/mol. The highest BCUT2D eigenvalue weighted by molar-refractivity contribution is 7.95. The molecule has 0 amide bonds. The quantitative estimate of drug-likeness (QED) is 0.322. The summed E-state index contributed by atoms with van der Waals surface area (Å²) in [5, 5.41) is 14.9. The number of unbranched alkanes of at least 4 members (excludes halogenated alkanes) is 5. The van der Waals surface area contributed by atoms with Gasteiger partial charge in [0.15, 0.2) is 0 Å². The Labute approximate surface area is 181 Å². The van der Waals surface area contributed by atoms with Gasteiger partial charge in [-0.25, -0.2) is 0 Å². The van der Waals surface area contributed by atoms with Crippen molar-refractivity contribution in [1.82, 2.24) is 0 Å². The van der Waals surface area contributed by atoms with Gasteiger partial charge in [-0.1, -0.05) is 73.9 Å². The smallest absolute Gasteiger partial charge is 0.112 e. The van der Waals surface area contributed by atoms with Crippen LogP contribution in [-0.4, -0.2) is 12.1 Å². The second-order valence-electron chi connectivity index (χ2n) is 7.78. The molecule has 0 fully saturated rings. The molecule has 3 heteroatoms. The maximum atomic E-state index is 10.5. The summed E-state index contributed by atoms with van der Waals surface area (Å²) in [7, 11) is -1.71. The molecular formula is C27H31O2P. The van der Waals surface area contributed by atoms with Crippen LogP contribution in [0.15, 0.2) is 91.0 Å². The highest BCUT2D eigenvalue weighted by Crippen LogP contribution is 2.55. The van der Waals surface area contributed by atoms with Crippen molar-refractivity contribution in [2.45, 2.75) is 44.9 Å². The van der Waals surface area contributed by atoms with Gasteiger partial charge in [-0.3, -0.25) is 0 Å². The molecule has 0 heterocycles. The molecule has 0 spiro atoms. The number of carboxylic acid groups (broad SMARTS) is 1. The van der Waals surface area contributed by atoms with Crippen LogP contribution < -0.4 is 21.0 Å². The summed E-state index contributed by atoms with van der Waals surface area (Å²) in [6, 6.07) is 33.0. The fraction of sp³-hybridized carbons (Fsp3) is 0.296. The number of hydrogen-bond acceptors (Lipinski definition) is 2. The lowest BCUT2D eigenvalue weighted by Gasteiger charge is -2.27. The predicted molar refractivity (Wildman–Crippen MR) is 127 cm³/mol. The summed E-state index contributed by atoms with van der Waals surface area (Å²) < 4.78 is 0. The molecule has 0 bridgehead atoms. The van der Waals surface area contributed by atoms with Gasteiger partial charge in [-0.15, -0.1) is 0 Å². The number of carbonyl (C=O) groups is 1. The summed E-state index contributed by atoms with van der Waals surface area (Å²) in [6.07, 6.45) is 7.66. The topological polar surface area (TPSA) is 40.1 Å². The second kappa shape index (κ2) is 11.7. The Hall–Kier alpha value is -2.44. The zero-order valence-corrected chi connectivity index (χ0v) is 18.5. The lowest BCUT2D eigenvalue weighted by atomic mass is 10.1. The van der Waals surface area contributed by atoms with Crippen molar-refractivity contribution in [1.29, 1.82) is 0 Å². The van der Waals surface area contributed by atoms with E-state index < -0.39 is 13.2 Å². The van der Waals surface area contributed by atoms with Gasteiger partial charge >= 0.3 is 0 Å². The van der Waals surface area contributed by atoms with E-state index in [1.165, 1.54) is 28.8 Å². The molecule has 0 aliphatic heterocycles. The molecule has 0 aromatic heterocycles. The van der Waals surface area contributed by atoms with Gasteiger partial charge in [0.1, 0.15) is 23.2 Å². The molecule has 0 unspecified atom stereocenters. The van der Waals surface area contributed by atoms with E-state index in [9.17, 15) is 9.90 Å². The summed E-state index contributed by atoms with van der Waals surface area (Å²) in [4.78, 5) is 10.5. The fourth-order valence-corrected chi connectivity index (χ4v) is 8.62. The molecule has 0 aliphatic carbocycles. The van der Waals surface area contributed by atoms with Gasteiger partial charge in [0.2, 0.25) is 0 Å². The van der Waals surface area contributed by atoms with Crippen molar-refractivity contribution in [2.75, 3.05) is 6.16 Å². The van der Waals surface area contributed by atoms with Crippen LogP contribution in [0.4, 0.5) is 0 Å². The van der Waals surface area contributed by atoms with Gasteiger partial charge in [-0.05, 0) is 62.1 Å². The molecule has 30 heavy (non-hydrogen) atoms. The number of rotatable bonds is 12. The van der Waals surface area contributed by atoms with E-state index in [1.807, 2.05) is 0 Å². The average Bonchev–Trinajstić information content (AvgIpc) is 2.80. The molecular weight excluding hydrogens is 387 g/mol. The van der Waals surface area contributed by atoms with Crippen LogP contribution in [0, 0.1) is 0 Å². The van der Waals surface area contributed by atoms with Crippen LogP contribution in [0.5, 0.6) is 0 Å². The fourth-order valence-electron chi connectivity index (χ4n) is 4.21. The van der Waals surface area contributed by atoms with Gasteiger partial charge < -0.3 is 9.90 Å². The third-order valence-corrected chi connectivity index (χ3v) is 10.2. The minimum Gasteiger partial charge on any atom is -0.550 e. The maximum absolute atomic E-state index is 10.5. The van der Waals surface area contributed by atoms with Gasteiger partial charge in [0, 0.05) is 5.97 Å². The predicted octanol–water partition coefficient (Wildman–Crippen LogP) is 4.46. The molecule has 0 N–H and O–H groups in total. The van der Waals surface area contributed by atoms with Crippen LogP contribution in [-0.2, 0) is 4.79 Å². The van der Waals surface area contributed by atoms with E-state index in [-0.39, 0.29) is 6.42 Å². The van der Waals surface area contributed by atoms with Crippen molar-refractivity contribution in [3.63, 3.8) is 0 Å². The standard InChI is InChI=1S/C27H31O2P/c28-27(29)22-14-3-1-2-4-15-23-30(24-16-8-5-9-17-24,25-18-10-6-11-19-25)26-20-12-7-13-21-26/h5-13,16-21H,1-4,14-15,22-23H2. The first-order valence-corrected chi connectivity index (χ1v) is 13.0. The van der Waals surface area contributed by atoms with Crippen molar-refractivity contribution < 1.29 is 9.90 Å². The van der Waals surface area contributed by atoms with Crippen LogP contribution in [0.2, 0.25) is 0 Å². The molecule has 0 saturated heterocycles. The van der Waals surface area contributed by atoms with Gasteiger partial charge in [0.25, 0.3) is 0 Å². The van der Waals surface area contributed by atoms with E-state index in [0.717, 1.165) is 31.8 Å². The number of benzene rings is 3. The molecule has 3 aromatic carbocycles. The molecule has 0 radical (unpaired) electrons. The summed E-state index contributed by atoms with van der Waals surface area (Å²) in [5.74, 6) is -0.932. The lowest BCUT2D eigenvalue weighted by Crippen LogP contribution is -2.33. The van der Waals surface area contributed by atoms with Crippen molar-refractivity contribution in [3.05, 3.63) is 91.0 Å². The Morgan fingerprint density at radius 3 is 1.33 bits per heavy atom. The zero-order chi connectivity index (χ0) is 21.1. The Bertz CT molecular complexity index is 782. The summed E-state index contributed by atoms with van der Waals surface area (Å²) in [6.45, 7) is 0. The first-order chi connectivity index (χ1) is 14.7. The SMILES string of the molecule is O=C([O-])CCCCCCCC[P+](c1ccccc1)(c1ccccc1)c1ccccc1. The number of carbonyl (C=O) groups excluding carboxylic acids is 1. The zero-order valence-electron chi connectivity index (χ0n) is 17.6. The van der Waals surface area contributed by atoms with Gasteiger partial charge in [0.05, 0.1) is 6.16 Å². The average molecular weight is 419 g/mol. The highest BCUT2D eigenvalue weighted by atomic mass is 31.2. The van der Waals surface area contributed by atoms with Gasteiger partial charge in [-0.2, -0.15) is 0 Å². The van der Waals surface area contributed by atoms with Crippen LogP contribution in [0.3, 0.4) is 0 Å².